The van der Waals surface area contributed by atoms with Crippen molar-refractivity contribution in [1.82, 2.24) is 14.8 Å². The van der Waals surface area contributed by atoms with Crippen LogP contribution in [0.1, 0.15) is 22.3 Å². The van der Waals surface area contributed by atoms with E-state index in [2.05, 4.69) is 4.98 Å². The van der Waals surface area contributed by atoms with Crippen LogP contribution in [0.4, 0.5) is 5.13 Å². The molecule has 0 aromatic carbocycles. The third kappa shape index (κ3) is 2.91. The maximum absolute atomic E-state index is 12.4. The number of carboxylic acids is 1. The number of amides is 1. The number of aromatic nitrogens is 1. The maximum atomic E-state index is 12.4. The number of thiazole rings is 1. The molecule has 7 nitrogen and oxygen atoms in total. The summed E-state index contributed by atoms with van der Waals surface area (Å²) in [4.78, 5) is 31.5. The number of hydrogen-bond acceptors (Lipinski definition) is 6. The van der Waals surface area contributed by atoms with Gasteiger partial charge in [0.05, 0.1) is 5.69 Å². The van der Waals surface area contributed by atoms with Gasteiger partial charge in [-0.3, -0.25) is 14.5 Å². The smallest absolute Gasteiger partial charge is 0.320 e. The third-order valence-electron chi connectivity index (χ3n) is 3.51. The molecule has 0 radical (unpaired) electrons. The summed E-state index contributed by atoms with van der Waals surface area (Å²) in [5, 5.41) is 9.38. The van der Waals surface area contributed by atoms with Crippen LogP contribution in [0.3, 0.4) is 0 Å². The van der Waals surface area contributed by atoms with Crippen LogP contribution in [0.15, 0.2) is 0 Å². The zero-order valence-electron chi connectivity index (χ0n) is 11.5. The molecule has 8 heteroatoms. The number of nitrogen functional groups attached to an aromatic ring is 1. The molecule has 2 heterocycles. The number of carbonyl (C=O) groups is 2. The largest absolute Gasteiger partial charge is 0.480 e. The van der Waals surface area contributed by atoms with Gasteiger partial charge >= 0.3 is 5.97 Å². The molecule has 20 heavy (non-hydrogen) atoms. The standard InChI is InChI=1S/C12H18N4O3S/c1-7-9(20-12(13)14-7)10(17)16-5-3-15(4-6-16)8(2)11(18)19/h8H,3-6H2,1-2H3,(H2,13,14)(H,18,19). The summed E-state index contributed by atoms with van der Waals surface area (Å²) in [6.45, 7) is 5.59. The molecule has 1 aromatic rings. The summed E-state index contributed by atoms with van der Waals surface area (Å²) < 4.78 is 0. The van der Waals surface area contributed by atoms with Crippen molar-refractivity contribution in [1.29, 1.82) is 0 Å². The lowest BCUT2D eigenvalue weighted by Gasteiger charge is -2.36. The van der Waals surface area contributed by atoms with Gasteiger partial charge in [-0.15, -0.1) is 0 Å². The molecule has 3 N–H and O–H groups in total. The van der Waals surface area contributed by atoms with Gasteiger partial charge < -0.3 is 15.7 Å². The first-order valence-electron chi connectivity index (χ1n) is 6.39. The molecule has 0 spiro atoms. The Morgan fingerprint density at radius 1 is 1.35 bits per heavy atom. The van der Waals surface area contributed by atoms with Crippen LogP contribution in [0.2, 0.25) is 0 Å². The van der Waals surface area contributed by atoms with Gasteiger partial charge in [0.2, 0.25) is 0 Å². The van der Waals surface area contributed by atoms with E-state index >= 15 is 0 Å². The van der Waals surface area contributed by atoms with E-state index in [1.54, 1.807) is 18.7 Å². The summed E-state index contributed by atoms with van der Waals surface area (Å²) in [6.07, 6.45) is 0. The lowest BCUT2D eigenvalue weighted by molar-refractivity contribution is -0.143. The molecule has 2 rings (SSSR count). The number of piperazine rings is 1. The monoisotopic (exact) mass is 298 g/mol. The predicted molar refractivity (Wildman–Crippen MR) is 75.8 cm³/mol. The van der Waals surface area contributed by atoms with Crippen LogP contribution in [0, 0.1) is 6.92 Å². The molecule has 1 saturated heterocycles. The molecule has 1 fully saturated rings. The molecule has 1 unspecified atom stereocenters. The lowest BCUT2D eigenvalue weighted by Crippen LogP contribution is -2.53. The van der Waals surface area contributed by atoms with Gasteiger partial charge in [-0.25, -0.2) is 4.98 Å². The first-order chi connectivity index (χ1) is 9.40. The number of rotatable bonds is 3. The summed E-state index contributed by atoms with van der Waals surface area (Å²) >= 11 is 1.20. The number of hydrogen-bond donors (Lipinski definition) is 2. The molecule has 1 atom stereocenters. The topological polar surface area (TPSA) is 99.8 Å². The lowest BCUT2D eigenvalue weighted by atomic mass is 10.2. The van der Waals surface area contributed by atoms with Crippen molar-refractivity contribution in [3.63, 3.8) is 0 Å². The summed E-state index contributed by atoms with van der Waals surface area (Å²) in [5.74, 6) is -0.907. The maximum Gasteiger partial charge on any atom is 0.320 e. The van der Waals surface area contributed by atoms with Crippen LogP contribution < -0.4 is 5.73 Å². The fourth-order valence-electron chi connectivity index (χ4n) is 2.23. The number of nitrogens with two attached hydrogens (primary N) is 1. The fraction of sp³-hybridized carbons (Fsp3) is 0.583. The highest BCUT2D eigenvalue weighted by Crippen LogP contribution is 2.22. The van der Waals surface area contributed by atoms with E-state index < -0.39 is 12.0 Å². The van der Waals surface area contributed by atoms with Gasteiger partial charge in [0.25, 0.3) is 5.91 Å². The Labute approximate surface area is 121 Å². The van der Waals surface area contributed by atoms with E-state index in [9.17, 15) is 9.59 Å². The quantitative estimate of drug-likeness (QED) is 0.830. The number of aryl methyl sites for hydroxylation is 1. The number of nitrogens with zero attached hydrogens (tertiary/aromatic N) is 3. The second-order valence-corrected chi connectivity index (χ2v) is 5.84. The Bertz CT molecular complexity index is 523. The minimum Gasteiger partial charge on any atom is -0.480 e. The van der Waals surface area contributed by atoms with Crippen molar-refractivity contribution in [2.75, 3.05) is 31.9 Å². The van der Waals surface area contributed by atoms with Crippen molar-refractivity contribution in [2.45, 2.75) is 19.9 Å². The zero-order chi connectivity index (χ0) is 14.9. The van der Waals surface area contributed by atoms with Crippen molar-refractivity contribution in [2.24, 2.45) is 0 Å². The first-order valence-corrected chi connectivity index (χ1v) is 7.21. The van der Waals surface area contributed by atoms with E-state index in [0.29, 0.717) is 41.9 Å². The van der Waals surface area contributed by atoms with Crippen molar-refractivity contribution < 1.29 is 14.7 Å². The van der Waals surface area contributed by atoms with Gasteiger partial charge in [-0.05, 0) is 13.8 Å². The normalized spacial score (nSPS) is 18.0. The zero-order valence-corrected chi connectivity index (χ0v) is 12.3. The number of aliphatic carboxylic acids is 1. The van der Waals surface area contributed by atoms with Gasteiger partial charge in [-0.2, -0.15) is 0 Å². The summed E-state index contributed by atoms with van der Waals surface area (Å²) in [5.41, 5.74) is 6.26. The average molecular weight is 298 g/mol. The highest BCUT2D eigenvalue weighted by Gasteiger charge is 2.29. The Kier molecular flexibility index (Phi) is 4.24. The molecule has 0 saturated carbocycles. The van der Waals surface area contributed by atoms with Gasteiger partial charge in [-0.1, -0.05) is 11.3 Å². The first kappa shape index (κ1) is 14.7. The molecular formula is C12H18N4O3S. The highest BCUT2D eigenvalue weighted by atomic mass is 32.1. The molecule has 0 bridgehead atoms. The number of carboxylic acid groups (broad SMARTS) is 1. The van der Waals surface area contributed by atoms with Crippen LogP contribution in [-0.2, 0) is 4.79 Å². The minimum absolute atomic E-state index is 0.0701. The van der Waals surface area contributed by atoms with E-state index in [0.717, 1.165) is 0 Å². The van der Waals surface area contributed by atoms with Crippen molar-refractivity contribution in [3.05, 3.63) is 10.6 Å². The Morgan fingerprint density at radius 2 is 1.95 bits per heavy atom. The fourth-order valence-corrected chi connectivity index (χ4v) is 3.03. The molecular weight excluding hydrogens is 280 g/mol. The van der Waals surface area contributed by atoms with Crippen LogP contribution in [-0.4, -0.2) is 64.0 Å². The van der Waals surface area contributed by atoms with Crippen molar-refractivity contribution in [3.8, 4) is 0 Å². The van der Waals surface area contributed by atoms with Crippen LogP contribution in [0.5, 0.6) is 0 Å². The third-order valence-corrected chi connectivity index (χ3v) is 4.49. The van der Waals surface area contributed by atoms with E-state index in [-0.39, 0.29) is 5.91 Å². The molecule has 0 aliphatic carbocycles. The SMILES string of the molecule is Cc1nc(N)sc1C(=O)N1CCN(C(C)C(=O)O)CC1. The average Bonchev–Trinajstić information content (AvgIpc) is 2.76. The number of carbonyl (C=O) groups excluding carboxylic acids is 1. The Hall–Kier alpha value is -1.67. The van der Waals surface area contributed by atoms with Crippen LogP contribution >= 0.6 is 11.3 Å². The second-order valence-electron chi connectivity index (χ2n) is 4.81. The van der Waals surface area contributed by atoms with E-state index in [1.165, 1.54) is 11.3 Å². The van der Waals surface area contributed by atoms with Gasteiger partial charge in [0.15, 0.2) is 5.13 Å². The molecule has 1 aliphatic heterocycles. The van der Waals surface area contributed by atoms with Gasteiger partial charge in [0, 0.05) is 26.2 Å². The molecule has 1 aliphatic rings. The Morgan fingerprint density at radius 3 is 2.40 bits per heavy atom. The Balaban J connectivity index is 1.99. The predicted octanol–water partition coefficient (Wildman–Crippen LogP) is 0.265. The summed E-state index contributed by atoms with van der Waals surface area (Å²) in [7, 11) is 0. The molecule has 1 amide bonds. The van der Waals surface area contributed by atoms with Crippen LogP contribution in [0.25, 0.3) is 0 Å². The van der Waals surface area contributed by atoms with E-state index in [4.69, 9.17) is 10.8 Å². The molecule has 1 aromatic heterocycles. The van der Waals surface area contributed by atoms with E-state index in [1.807, 2.05) is 4.90 Å². The van der Waals surface area contributed by atoms with Gasteiger partial charge in [0.1, 0.15) is 10.9 Å². The second kappa shape index (κ2) is 5.76. The van der Waals surface area contributed by atoms with Crippen molar-refractivity contribution >= 4 is 28.3 Å². The number of anilines is 1. The highest BCUT2D eigenvalue weighted by molar-refractivity contribution is 7.17. The molecule has 110 valence electrons. The summed E-state index contributed by atoms with van der Waals surface area (Å²) in [6, 6.07) is -0.520. The minimum atomic E-state index is -0.837.